The number of carbonyl (C=O) groups excluding carboxylic acids is 2. The molecule has 0 heterocycles. The van der Waals surface area contributed by atoms with E-state index in [1.165, 1.54) is 18.2 Å². The van der Waals surface area contributed by atoms with Gasteiger partial charge in [-0.25, -0.2) is 0 Å². The van der Waals surface area contributed by atoms with E-state index in [-0.39, 0.29) is 30.1 Å². The first kappa shape index (κ1) is 24.4. The minimum Gasteiger partial charge on any atom is -0.325 e. The molecular weight excluding hydrogens is 407 g/mol. The minimum atomic E-state index is -4.57. The van der Waals surface area contributed by atoms with Gasteiger partial charge < -0.3 is 10.6 Å². The fourth-order valence-electron chi connectivity index (χ4n) is 2.97. The van der Waals surface area contributed by atoms with Crippen LogP contribution in [0.1, 0.15) is 38.8 Å². The Balaban J connectivity index is 1.94. The molecule has 0 atom stereocenters. The molecule has 31 heavy (non-hydrogen) atoms. The Hall–Kier alpha value is -2.87. The number of hydrogen-bond acceptors (Lipinski definition) is 3. The number of nitrogens with zero attached hydrogens (tertiary/aromatic N) is 1. The van der Waals surface area contributed by atoms with E-state index in [4.69, 9.17) is 0 Å². The van der Waals surface area contributed by atoms with Gasteiger partial charge in [-0.15, -0.1) is 0 Å². The number of anilines is 2. The molecule has 0 radical (unpaired) electrons. The lowest BCUT2D eigenvalue weighted by Gasteiger charge is -2.21. The van der Waals surface area contributed by atoms with Crippen LogP contribution in [0.3, 0.4) is 0 Å². The second kappa shape index (κ2) is 9.96. The predicted octanol–water partition coefficient (Wildman–Crippen LogP) is 4.90. The van der Waals surface area contributed by atoms with Gasteiger partial charge in [0.05, 0.1) is 24.3 Å². The highest BCUT2D eigenvalue weighted by molar-refractivity contribution is 5.95. The SMILES string of the molecule is CCN(CC(=O)Nc1ccc(C(C)(C)C)cc1)CC(=O)Nc1ccccc1C(F)(F)F. The standard InChI is InChI=1S/C23H28F3N3O2/c1-5-29(14-20(30)27-17-12-10-16(11-13-17)22(2,3)4)15-21(31)28-19-9-7-6-8-18(19)23(24,25)26/h6-13H,5,14-15H2,1-4H3,(H,27,30)(H,28,31). The van der Waals surface area contributed by atoms with Gasteiger partial charge in [-0.2, -0.15) is 13.2 Å². The van der Waals surface area contributed by atoms with E-state index < -0.39 is 17.6 Å². The molecule has 0 saturated heterocycles. The summed E-state index contributed by atoms with van der Waals surface area (Å²) >= 11 is 0. The van der Waals surface area contributed by atoms with Crippen molar-refractivity contribution >= 4 is 23.2 Å². The Morgan fingerprint density at radius 2 is 1.42 bits per heavy atom. The smallest absolute Gasteiger partial charge is 0.325 e. The lowest BCUT2D eigenvalue weighted by molar-refractivity contribution is -0.137. The third kappa shape index (κ3) is 7.40. The topological polar surface area (TPSA) is 61.4 Å². The first-order valence-corrected chi connectivity index (χ1v) is 9.99. The predicted molar refractivity (Wildman–Crippen MR) is 116 cm³/mol. The molecule has 2 aromatic carbocycles. The van der Waals surface area contributed by atoms with E-state index in [1.807, 2.05) is 24.3 Å². The summed E-state index contributed by atoms with van der Waals surface area (Å²) < 4.78 is 39.2. The quantitative estimate of drug-likeness (QED) is 0.650. The van der Waals surface area contributed by atoms with Gasteiger partial charge in [-0.1, -0.05) is 52.0 Å². The molecule has 8 heteroatoms. The Morgan fingerprint density at radius 3 is 1.94 bits per heavy atom. The third-order valence-electron chi connectivity index (χ3n) is 4.72. The van der Waals surface area contributed by atoms with Crippen molar-refractivity contribution < 1.29 is 22.8 Å². The van der Waals surface area contributed by atoms with Crippen molar-refractivity contribution in [2.75, 3.05) is 30.3 Å². The molecule has 0 unspecified atom stereocenters. The molecule has 0 fully saturated rings. The van der Waals surface area contributed by atoms with Crippen LogP contribution in [0.15, 0.2) is 48.5 Å². The number of halogens is 3. The molecule has 2 rings (SSSR count). The maximum absolute atomic E-state index is 13.1. The van der Waals surface area contributed by atoms with Crippen LogP contribution >= 0.6 is 0 Å². The maximum Gasteiger partial charge on any atom is 0.418 e. The maximum atomic E-state index is 13.1. The van der Waals surface area contributed by atoms with Crippen molar-refractivity contribution in [3.05, 3.63) is 59.7 Å². The van der Waals surface area contributed by atoms with E-state index in [0.29, 0.717) is 12.2 Å². The van der Waals surface area contributed by atoms with Crippen molar-refractivity contribution in [3.63, 3.8) is 0 Å². The van der Waals surface area contributed by atoms with Crippen LogP contribution in [0.4, 0.5) is 24.5 Å². The fourth-order valence-corrected chi connectivity index (χ4v) is 2.97. The summed E-state index contributed by atoms with van der Waals surface area (Å²) in [4.78, 5) is 26.2. The first-order valence-electron chi connectivity index (χ1n) is 9.99. The van der Waals surface area contributed by atoms with Gasteiger partial charge >= 0.3 is 6.18 Å². The van der Waals surface area contributed by atoms with Crippen LogP contribution in [-0.4, -0.2) is 36.3 Å². The Kier molecular flexibility index (Phi) is 7.84. The summed E-state index contributed by atoms with van der Waals surface area (Å²) in [6.07, 6.45) is -4.57. The van der Waals surface area contributed by atoms with Gasteiger partial charge in [-0.3, -0.25) is 14.5 Å². The van der Waals surface area contributed by atoms with Gasteiger partial charge in [0.25, 0.3) is 0 Å². The van der Waals surface area contributed by atoms with E-state index in [2.05, 4.69) is 31.4 Å². The molecule has 2 N–H and O–H groups in total. The largest absolute Gasteiger partial charge is 0.418 e. The molecular formula is C23H28F3N3O2. The first-order chi connectivity index (χ1) is 14.4. The van der Waals surface area contributed by atoms with Gasteiger partial charge in [0.2, 0.25) is 11.8 Å². The minimum absolute atomic E-state index is 0.000354. The monoisotopic (exact) mass is 435 g/mol. The highest BCUT2D eigenvalue weighted by atomic mass is 19.4. The highest BCUT2D eigenvalue weighted by Crippen LogP contribution is 2.34. The zero-order valence-electron chi connectivity index (χ0n) is 18.1. The Labute approximate surface area is 180 Å². The molecule has 0 aromatic heterocycles. The summed E-state index contributed by atoms with van der Waals surface area (Å²) in [5.74, 6) is -0.935. The highest BCUT2D eigenvalue weighted by Gasteiger charge is 2.33. The number of rotatable bonds is 7. The number of para-hydroxylation sites is 1. The molecule has 5 nitrogen and oxygen atoms in total. The van der Waals surface area contributed by atoms with Crippen LogP contribution in [0.2, 0.25) is 0 Å². The Bertz CT molecular complexity index is 904. The van der Waals surface area contributed by atoms with E-state index in [9.17, 15) is 22.8 Å². The average Bonchev–Trinajstić information content (AvgIpc) is 2.66. The van der Waals surface area contributed by atoms with Gasteiger partial charge in [-0.05, 0) is 41.8 Å². The lowest BCUT2D eigenvalue weighted by atomic mass is 9.87. The van der Waals surface area contributed by atoms with E-state index >= 15 is 0 Å². The summed E-state index contributed by atoms with van der Waals surface area (Å²) in [5, 5.41) is 5.07. The average molecular weight is 435 g/mol. The lowest BCUT2D eigenvalue weighted by Crippen LogP contribution is -2.38. The van der Waals surface area contributed by atoms with Crippen LogP contribution in [0, 0.1) is 0 Å². The van der Waals surface area contributed by atoms with Crippen molar-refractivity contribution in [3.8, 4) is 0 Å². The van der Waals surface area contributed by atoms with E-state index in [1.54, 1.807) is 11.8 Å². The zero-order chi connectivity index (χ0) is 23.2. The fraction of sp³-hybridized carbons (Fsp3) is 0.391. The third-order valence-corrected chi connectivity index (χ3v) is 4.72. The van der Waals surface area contributed by atoms with Crippen molar-refractivity contribution in [1.82, 2.24) is 4.90 Å². The van der Waals surface area contributed by atoms with E-state index in [0.717, 1.165) is 11.6 Å². The molecule has 0 aliphatic rings. The van der Waals surface area contributed by atoms with Crippen LogP contribution in [0.5, 0.6) is 0 Å². The van der Waals surface area contributed by atoms with Crippen molar-refractivity contribution in [2.24, 2.45) is 0 Å². The van der Waals surface area contributed by atoms with Crippen molar-refractivity contribution in [1.29, 1.82) is 0 Å². The molecule has 0 bridgehead atoms. The van der Waals surface area contributed by atoms with Crippen LogP contribution < -0.4 is 10.6 Å². The summed E-state index contributed by atoms with van der Waals surface area (Å²) in [6, 6.07) is 12.3. The molecule has 0 aliphatic heterocycles. The second-order valence-corrected chi connectivity index (χ2v) is 8.27. The number of nitrogens with one attached hydrogen (secondary N) is 2. The Morgan fingerprint density at radius 1 is 0.871 bits per heavy atom. The number of carbonyl (C=O) groups is 2. The normalized spacial score (nSPS) is 12.0. The number of benzene rings is 2. The molecule has 2 aromatic rings. The molecule has 0 spiro atoms. The van der Waals surface area contributed by atoms with Gasteiger partial charge in [0.15, 0.2) is 0 Å². The van der Waals surface area contributed by atoms with Gasteiger partial charge in [0.1, 0.15) is 0 Å². The van der Waals surface area contributed by atoms with Crippen LogP contribution in [-0.2, 0) is 21.2 Å². The van der Waals surface area contributed by atoms with Crippen molar-refractivity contribution in [2.45, 2.75) is 39.3 Å². The molecule has 0 saturated carbocycles. The summed E-state index contributed by atoms with van der Waals surface area (Å²) in [7, 11) is 0. The number of likely N-dealkylation sites (N-methyl/N-ethyl adjacent to an activating group) is 1. The van der Waals surface area contributed by atoms with Gasteiger partial charge in [0, 0.05) is 5.69 Å². The summed E-state index contributed by atoms with van der Waals surface area (Å²) in [5.41, 5.74) is 0.552. The number of amides is 2. The second-order valence-electron chi connectivity index (χ2n) is 8.27. The molecule has 2 amide bonds. The summed E-state index contributed by atoms with van der Waals surface area (Å²) in [6.45, 7) is 8.16. The van der Waals surface area contributed by atoms with Crippen LogP contribution in [0.25, 0.3) is 0 Å². The molecule has 0 aliphatic carbocycles. The zero-order valence-corrected chi connectivity index (χ0v) is 18.1. The number of hydrogen-bond donors (Lipinski definition) is 2. The number of alkyl halides is 3. The molecule has 168 valence electrons.